The van der Waals surface area contributed by atoms with E-state index in [4.69, 9.17) is 9.47 Å². The Morgan fingerprint density at radius 2 is 1.68 bits per heavy atom. The molecule has 10 heteroatoms. The second kappa shape index (κ2) is 9.50. The Bertz CT molecular complexity index is 1670. The number of ether oxygens (including phenoxy) is 2. The van der Waals surface area contributed by atoms with Crippen LogP contribution in [-0.4, -0.2) is 43.6 Å². The van der Waals surface area contributed by atoms with Gasteiger partial charge in [0.2, 0.25) is 11.6 Å². The Kier molecular flexibility index (Phi) is 5.74. The summed E-state index contributed by atoms with van der Waals surface area (Å²) in [5, 5.41) is 16.8. The topological polar surface area (TPSA) is 103 Å². The molecule has 3 heterocycles. The van der Waals surface area contributed by atoms with Gasteiger partial charge >= 0.3 is 0 Å². The van der Waals surface area contributed by atoms with Crippen LogP contribution in [0.2, 0.25) is 0 Å². The maximum absolute atomic E-state index is 5.37. The van der Waals surface area contributed by atoms with Crippen LogP contribution in [0, 0.1) is 0 Å². The lowest BCUT2D eigenvalue weighted by Gasteiger charge is -2.10. The summed E-state index contributed by atoms with van der Waals surface area (Å²) in [6.45, 7) is 0.691. The molecule has 184 valence electrons. The van der Waals surface area contributed by atoms with Crippen molar-refractivity contribution in [2.24, 2.45) is 0 Å². The molecule has 0 saturated carbocycles. The summed E-state index contributed by atoms with van der Waals surface area (Å²) in [6, 6.07) is 21.9. The van der Waals surface area contributed by atoms with Crippen LogP contribution < -0.4 is 20.1 Å². The van der Waals surface area contributed by atoms with Crippen LogP contribution in [0.4, 0.5) is 23.1 Å². The molecule has 0 spiro atoms. The highest BCUT2D eigenvalue weighted by Crippen LogP contribution is 2.29. The van der Waals surface area contributed by atoms with Gasteiger partial charge in [-0.15, -0.1) is 5.10 Å². The molecule has 0 radical (unpaired) electrons. The summed E-state index contributed by atoms with van der Waals surface area (Å²) in [5.41, 5.74) is 4.40. The fourth-order valence-electron chi connectivity index (χ4n) is 4.13. The van der Waals surface area contributed by atoms with Crippen LogP contribution in [0.5, 0.6) is 11.5 Å². The fourth-order valence-corrected chi connectivity index (χ4v) is 4.13. The van der Waals surface area contributed by atoms with Crippen molar-refractivity contribution in [3.8, 4) is 11.5 Å². The molecular weight excluding hydrogens is 468 g/mol. The van der Waals surface area contributed by atoms with Crippen LogP contribution in [-0.2, 0) is 6.54 Å². The number of benzene rings is 3. The predicted octanol–water partition coefficient (Wildman–Crippen LogP) is 5.03. The minimum atomic E-state index is 0.452. The molecule has 6 aromatic rings. The van der Waals surface area contributed by atoms with E-state index in [0.717, 1.165) is 22.3 Å². The standard InChI is InChI=1S/C27H24N8O2/c1-36-22-12-21(13-23(15-22)37-2)30-25-26-32-27(33-34(26)11-10-28-25)31-20-9-8-19-16-29-35(24(19)14-20)17-18-6-4-3-5-7-18/h3-16H,17H2,1-2H3,(H,28,30)(H,31,33). The Morgan fingerprint density at radius 1 is 0.865 bits per heavy atom. The number of nitrogens with zero attached hydrogens (tertiary/aromatic N) is 6. The van der Waals surface area contributed by atoms with Crippen molar-refractivity contribution in [3.05, 3.63) is 90.9 Å². The minimum Gasteiger partial charge on any atom is -0.497 e. The maximum Gasteiger partial charge on any atom is 0.247 e. The lowest BCUT2D eigenvalue weighted by atomic mass is 10.2. The van der Waals surface area contributed by atoms with Gasteiger partial charge in [0.05, 0.1) is 32.5 Å². The van der Waals surface area contributed by atoms with Crippen molar-refractivity contribution >= 4 is 39.7 Å². The highest BCUT2D eigenvalue weighted by atomic mass is 16.5. The number of fused-ring (bicyclic) bond motifs is 2. The van der Waals surface area contributed by atoms with Crippen LogP contribution in [0.1, 0.15) is 5.56 Å². The fraction of sp³-hybridized carbons (Fsp3) is 0.111. The molecule has 0 aliphatic heterocycles. The van der Waals surface area contributed by atoms with E-state index in [1.165, 1.54) is 5.56 Å². The smallest absolute Gasteiger partial charge is 0.247 e. The highest BCUT2D eigenvalue weighted by molar-refractivity contribution is 5.83. The van der Waals surface area contributed by atoms with Gasteiger partial charge in [0.25, 0.3) is 0 Å². The number of aromatic nitrogens is 6. The van der Waals surface area contributed by atoms with Gasteiger partial charge in [-0.05, 0) is 23.8 Å². The number of rotatable bonds is 8. The zero-order valence-corrected chi connectivity index (χ0v) is 20.3. The van der Waals surface area contributed by atoms with Crippen LogP contribution in [0.3, 0.4) is 0 Å². The molecule has 2 N–H and O–H groups in total. The van der Waals surface area contributed by atoms with E-state index in [-0.39, 0.29) is 0 Å². The molecule has 0 amide bonds. The summed E-state index contributed by atoms with van der Waals surface area (Å²) in [4.78, 5) is 9.14. The molecule has 0 atom stereocenters. The Labute approximate surface area is 212 Å². The van der Waals surface area contributed by atoms with Crippen molar-refractivity contribution in [3.63, 3.8) is 0 Å². The average molecular weight is 493 g/mol. The first kappa shape index (κ1) is 22.4. The van der Waals surface area contributed by atoms with Gasteiger partial charge < -0.3 is 20.1 Å². The molecule has 10 nitrogen and oxygen atoms in total. The van der Waals surface area contributed by atoms with Gasteiger partial charge in [-0.2, -0.15) is 10.1 Å². The second-order valence-corrected chi connectivity index (χ2v) is 8.39. The zero-order chi connectivity index (χ0) is 25.2. The first-order valence-corrected chi connectivity index (χ1v) is 11.7. The normalized spacial score (nSPS) is 11.1. The monoisotopic (exact) mass is 492 g/mol. The quantitative estimate of drug-likeness (QED) is 0.305. The number of anilines is 4. The Morgan fingerprint density at radius 3 is 2.46 bits per heavy atom. The predicted molar refractivity (Wildman–Crippen MR) is 142 cm³/mol. The highest BCUT2D eigenvalue weighted by Gasteiger charge is 2.12. The summed E-state index contributed by atoms with van der Waals surface area (Å²) in [6.07, 6.45) is 5.30. The number of hydrogen-bond acceptors (Lipinski definition) is 8. The summed E-state index contributed by atoms with van der Waals surface area (Å²) in [7, 11) is 3.22. The lowest BCUT2D eigenvalue weighted by molar-refractivity contribution is 0.395. The third kappa shape index (κ3) is 4.59. The van der Waals surface area contributed by atoms with E-state index in [2.05, 4.69) is 49.0 Å². The van der Waals surface area contributed by atoms with Gasteiger partial charge in [-0.3, -0.25) is 4.68 Å². The van der Waals surface area contributed by atoms with Crippen LogP contribution >= 0.6 is 0 Å². The van der Waals surface area contributed by atoms with Gasteiger partial charge in [-0.1, -0.05) is 30.3 Å². The molecule has 0 unspecified atom stereocenters. The first-order valence-electron chi connectivity index (χ1n) is 11.7. The number of methoxy groups -OCH3 is 2. The van der Waals surface area contributed by atoms with E-state index >= 15 is 0 Å². The van der Waals surface area contributed by atoms with E-state index in [1.54, 1.807) is 37.2 Å². The molecule has 0 aliphatic rings. The molecule has 6 rings (SSSR count). The molecular formula is C27H24N8O2. The SMILES string of the molecule is COc1cc(Nc2nccn3nc(Nc4ccc5cnn(Cc6ccccc6)c5c4)nc23)cc(OC)c1. The van der Waals surface area contributed by atoms with Gasteiger partial charge in [0.1, 0.15) is 11.5 Å². The molecule has 37 heavy (non-hydrogen) atoms. The second-order valence-electron chi connectivity index (χ2n) is 8.39. The number of hydrogen-bond donors (Lipinski definition) is 2. The largest absolute Gasteiger partial charge is 0.497 e. The van der Waals surface area contributed by atoms with Crippen molar-refractivity contribution < 1.29 is 9.47 Å². The van der Waals surface area contributed by atoms with E-state index < -0.39 is 0 Å². The average Bonchev–Trinajstić information content (AvgIpc) is 3.53. The summed E-state index contributed by atoms with van der Waals surface area (Å²) < 4.78 is 14.4. The maximum atomic E-state index is 5.37. The third-order valence-corrected chi connectivity index (χ3v) is 5.94. The Balaban J connectivity index is 1.28. The molecule has 0 aliphatic carbocycles. The van der Waals surface area contributed by atoms with Crippen LogP contribution in [0.25, 0.3) is 16.6 Å². The lowest BCUT2D eigenvalue weighted by Crippen LogP contribution is -2.01. The van der Waals surface area contributed by atoms with E-state index in [9.17, 15) is 0 Å². The summed E-state index contributed by atoms with van der Waals surface area (Å²) in [5.74, 6) is 2.33. The zero-order valence-electron chi connectivity index (χ0n) is 20.3. The third-order valence-electron chi connectivity index (χ3n) is 5.94. The van der Waals surface area contributed by atoms with Crippen molar-refractivity contribution in [1.29, 1.82) is 0 Å². The van der Waals surface area contributed by atoms with Crippen molar-refractivity contribution in [1.82, 2.24) is 29.4 Å². The molecule has 3 aromatic carbocycles. The first-order chi connectivity index (χ1) is 18.2. The molecule has 0 saturated heterocycles. The minimum absolute atomic E-state index is 0.452. The van der Waals surface area contributed by atoms with Crippen LogP contribution in [0.15, 0.2) is 85.3 Å². The molecule has 3 aromatic heterocycles. The van der Waals surface area contributed by atoms with E-state index in [1.807, 2.05) is 53.3 Å². The van der Waals surface area contributed by atoms with Gasteiger partial charge in [0, 0.05) is 47.4 Å². The molecule has 0 fully saturated rings. The van der Waals surface area contributed by atoms with Gasteiger partial charge in [-0.25, -0.2) is 9.50 Å². The summed E-state index contributed by atoms with van der Waals surface area (Å²) >= 11 is 0. The molecule has 0 bridgehead atoms. The van der Waals surface area contributed by atoms with Gasteiger partial charge in [0.15, 0.2) is 5.82 Å². The van der Waals surface area contributed by atoms with E-state index in [0.29, 0.717) is 35.5 Å². The van der Waals surface area contributed by atoms with Crippen molar-refractivity contribution in [2.45, 2.75) is 6.54 Å². The Hall–Kier alpha value is -5.12. The van der Waals surface area contributed by atoms with Crippen molar-refractivity contribution in [2.75, 3.05) is 24.9 Å². The number of nitrogens with one attached hydrogen (secondary N) is 2.